The smallest absolute Gasteiger partial charge is 0.202 e. The predicted molar refractivity (Wildman–Crippen MR) is 61.0 cm³/mol. The van der Waals surface area contributed by atoms with Gasteiger partial charge in [-0.15, -0.1) is 0 Å². The van der Waals surface area contributed by atoms with Crippen molar-refractivity contribution in [3.8, 4) is 0 Å². The fourth-order valence-electron chi connectivity index (χ4n) is 1.59. The lowest BCUT2D eigenvalue weighted by Crippen LogP contribution is -2.43. The summed E-state index contributed by atoms with van der Waals surface area (Å²) in [6, 6.07) is 0. The Balaban J connectivity index is 2.30. The number of piperidine rings is 1. The number of nitrogens with one attached hydrogen (secondary N) is 1. The van der Waals surface area contributed by atoms with E-state index in [1.165, 1.54) is 4.31 Å². The average Bonchev–Trinajstić information content (AvgIpc) is 2.30. The van der Waals surface area contributed by atoms with Gasteiger partial charge in [-0.2, -0.15) is 12.7 Å². The number of nitrogens with zero attached hydrogens (tertiary/aromatic N) is 4. The van der Waals surface area contributed by atoms with Crippen LogP contribution in [0.3, 0.4) is 0 Å². The molecule has 0 unspecified atom stereocenters. The number of hydrogen-bond acceptors (Lipinski definition) is 3. The van der Waals surface area contributed by atoms with Crippen LogP contribution in [0.4, 0.5) is 0 Å². The Morgan fingerprint density at radius 2 is 2.00 bits per heavy atom. The van der Waals surface area contributed by atoms with E-state index in [1.54, 1.807) is 0 Å². The van der Waals surface area contributed by atoms with Crippen LogP contribution in [0.1, 0.15) is 25.7 Å². The molecule has 0 aromatic carbocycles. The lowest BCUT2D eigenvalue weighted by molar-refractivity contribution is 0.341. The van der Waals surface area contributed by atoms with Crippen LogP contribution in [0.2, 0.25) is 0 Å². The molecule has 1 N–H and O–H groups in total. The molecular weight excluding hydrogens is 230 g/mol. The largest absolute Gasteiger partial charge is 0.279 e. The molecule has 1 saturated heterocycles. The Morgan fingerprint density at radius 1 is 1.31 bits per heavy atom. The zero-order chi connectivity index (χ0) is 11.9. The van der Waals surface area contributed by atoms with E-state index in [9.17, 15) is 8.42 Å². The van der Waals surface area contributed by atoms with E-state index in [1.807, 2.05) is 0 Å². The van der Waals surface area contributed by atoms with Crippen molar-refractivity contribution in [2.45, 2.75) is 25.7 Å². The lowest BCUT2D eigenvalue weighted by atomic mass is 10.2. The molecule has 1 aliphatic heterocycles. The lowest BCUT2D eigenvalue weighted by Gasteiger charge is -2.25. The summed E-state index contributed by atoms with van der Waals surface area (Å²) in [5.74, 6) is 0. The first-order chi connectivity index (χ1) is 7.67. The third-order valence-corrected chi connectivity index (χ3v) is 4.05. The van der Waals surface area contributed by atoms with Crippen LogP contribution in [0.15, 0.2) is 5.11 Å². The topological polar surface area (TPSA) is 98.2 Å². The Morgan fingerprint density at radius 3 is 2.62 bits per heavy atom. The van der Waals surface area contributed by atoms with Crippen LogP contribution in [-0.4, -0.2) is 38.9 Å². The second kappa shape index (κ2) is 6.70. The first-order valence-corrected chi connectivity index (χ1v) is 6.86. The van der Waals surface area contributed by atoms with Crippen LogP contribution >= 0.6 is 0 Å². The Labute approximate surface area is 95.6 Å². The molecular formula is C8H17N5O2S. The van der Waals surface area contributed by atoms with E-state index in [2.05, 4.69) is 14.7 Å². The first-order valence-electron chi connectivity index (χ1n) is 5.42. The van der Waals surface area contributed by atoms with Crippen LogP contribution in [0, 0.1) is 0 Å². The molecule has 1 aliphatic rings. The summed E-state index contributed by atoms with van der Waals surface area (Å²) in [6.07, 6.45) is 3.49. The van der Waals surface area contributed by atoms with E-state index in [0.29, 0.717) is 32.6 Å². The summed E-state index contributed by atoms with van der Waals surface area (Å²) in [5, 5.41) is 3.34. The van der Waals surface area contributed by atoms with Gasteiger partial charge in [0.05, 0.1) is 0 Å². The van der Waals surface area contributed by atoms with E-state index < -0.39 is 10.2 Å². The molecule has 0 amide bonds. The molecule has 1 heterocycles. The van der Waals surface area contributed by atoms with Gasteiger partial charge < -0.3 is 0 Å². The highest BCUT2D eigenvalue weighted by atomic mass is 32.2. The molecule has 0 aromatic rings. The van der Waals surface area contributed by atoms with Gasteiger partial charge in [0.25, 0.3) is 10.2 Å². The zero-order valence-corrected chi connectivity index (χ0v) is 9.99. The minimum absolute atomic E-state index is 0.317. The molecule has 0 spiro atoms. The zero-order valence-electron chi connectivity index (χ0n) is 9.17. The third-order valence-electron chi connectivity index (χ3n) is 2.44. The number of rotatable bonds is 6. The SMILES string of the molecule is [N-]=[N+]=NCCCNS(=O)(=O)N1CCCCC1. The molecule has 7 nitrogen and oxygen atoms in total. The van der Waals surface area contributed by atoms with E-state index in [0.717, 1.165) is 19.3 Å². The standard InChI is InChI=1S/C8H17N5O2S/c9-12-10-5-4-6-11-16(14,15)13-7-2-1-3-8-13/h11H,1-8H2. The summed E-state index contributed by atoms with van der Waals surface area (Å²) in [6.45, 7) is 1.84. The van der Waals surface area contributed by atoms with Crippen LogP contribution in [-0.2, 0) is 10.2 Å². The van der Waals surface area contributed by atoms with Crippen molar-refractivity contribution in [3.63, 3.8) is 0 Å². The van der Waals surface area contributed by atoms with E-state index in [4.69, 9.17) is 5.53 Å². The fourth-order valence-corrected chi connectivity index (χ4v) is 2.92. The molecule has 0 aromatic heterocycles. The normalized spacial score (nSPS) is 18.0. The molecule has 0 atom stereocenters. The Bertz CT molecular complexity index is 343. The molecule has 92 valence electrons. The quantitative estimate of drug-likeness (QED) is 0.328. The maximum atomic E-state index is 11.7. The molecule has 1 rings (SSSR count). The summed E-state index contributed by atoms with van der Waals surface area (Å²) in [5.41, 5.74) is 8.04. The Kier molecular flexibility index (Phi) is 5.54. The van der Waals surface area contributed by atoms with Gasteiger partial charge in [-0.1, -0.05) is 11.5 Å². The molecule has 8 heteroatoms. The average molecular weight is 247 g/mol. The van der Waals surface area contributed by atoms with Gasteiger partial charge in [-0.3, -0.25) is 0 Å². The molecule has 16 heavy (non-hydrogen) atoms. The van der Waals surface area contributed by atoms with Gasteiger partial charge in [0.2, 0.25) is 0 Å². The van der Waals surface area contributed by atoms with Crippen LogP contribution < -0.4 is 4.72 Å². The maximum absolute atomic E-state index is 11.7. The number of azide groups is 1. The van der Waals surface area contributed by atoms with Gasteiger partial charge in [-0.25, -0.2) is 4.72 Å². The van der Waals surface area contributed by atoms with Crippen molar-refractivity contribution in [2.75, 3.05) is 26.2 Å². The highest BCUT2D eigenvalue weighted by Crippen LogP contribution is 2.11. The van der Waals surface area contributed by atoms with Gasteiger partial charge >= 0.3 is 0 Å². The highest BCUT2D eigenvalue weighted by molar-refractivity contribution is 7.87. The second-order valence-corrected chi connectivity index (χ2v) is 5.42. The Hall–Kier alpha value is -0.820. The van der Waals surface area contributed by atoms with Crippen LogP contribution in [0.25, 0.3) is 10.4 Å². The van der Waals surface area contributed by atoms with Gasteiger partial charge in [0.15, 0.2) is 0 Å². The van der Waals surface area contributed by atoms with Crippen molar-refractivity contribution in [1.82, 2.24) is 9.03 Å². The third kappa shape index (κ3) is 4.36. The molecule has 1 fully saturated rings. The van der Waals surface area contributed by atoms with Crippen LogP contribution in [0.5, 0.6) is 0 Å². The summed E-state index contributed by atoms with van der Waals surface area (Å²) in [4.78, 5) is 2.60. The van der Waals surface area contributed by atoms with Gasteiger partial charge in [-0.05, 0) is 24.8 Å². The highest BCUT2D eigenvalue weighted by Gasteiger charge is 2.22. The molecule has 0 radical (unpaired) electrons. The van der Waals surface area contributed by atoms with E-state index >= 15 is 0 Å². The fraction of sp³-hybridized carbons (Fsp3) is 1.00. The molecule has 0 aliphatic carbocycles. The van der Waals surface area contributed by atoms with E-state index in [-0.39, 0.29) is 0 Å². The molecule has 0 saturated carbocycles. The summed E-state index contributed by atoms with van der Waals surface area (Å²) >= 11 is 0. The van der Waals surface area contributed by atoms with Crippen molar-refractivity contribution in [2.24, 2.45) is 5.11 Å². The summed E-state index contributed by atoms with van der Waals surface area (Å²) in [7, 11) is -3.32. The first kappa shape index (κ1) is 13.2. The molecule has 0 bridgehead atoms. The minimum atomic E-state index is -3.32. The summed E-state index contributed by atoms with van der Waals surface area (Å²) < 4.78 is 27.4. The predicted octanol–water partition coefficient (Wildman–Crippen LogP) is 1.01. The van der Waals surface area contributed by atoms with Crippen molar-refractivity contribution in [3.05, 3.63) is 10.4 Å². The second-order valence-electron chi connectivity index (χ2n) is 3.67. The van der Waals surface area contributed by atoms with Gasteiger partial charge in [0.1, 0.15) is 0 Å². The van der Waals surface area contributed by atoms with Crippen molar-refractivity contribution < 1.29 is 8.42 Å². The van der Waals surface area contributed by atoms with Crippen molar-refractivity contribution in [1.29, 1.82) is 0 Å². The number of hydrogen-bond donors (Lipinski definition) is 1. The van der Waals surface area contributed by atoms with Gasteiger partial charge in [0, 0.05) is 31.1 Å². The van der Waals surface area contributed by atoms with Crippen molar-refractivity contribution >= 4 is 10.2 Å². The monoisotopic (exact) mass is 247 g/mol. The maximum Gasteiger partial charge on any atom is 0.279 e. The minimum Gasteiger partial charge on any atom is -0.202 e.